The van der Waals surface area contributed by atoms with Gasteiger partial charge >= 0.3 is 0 Å². The quantitative estimate of drug-likeness (QED) is 0.572. The van der Waals surface area contributed by atoms with Crippen LogP contribution < -0.4 is 5.32 Å². The lowest BCUT2D eigenvalue weighted by atomic mass is 10.1. The van der Waals surface area contributed by atoms with Crippen molar-refractivity contribution in [3.05, 3.63) is 70.0 Å². The highest BCUT2D eigenvalue weighted by atomic mass is 16.6. The Labute approximate surface area is 137 Å². The zero-order valence-corrected chi connectivity index (χ0v) is 12.6. The Morgan fingerprint density at radius 2 is 1.96 bits per heavy atom. The highest BCUT2D eigenvalue weighted by Gasteiger charge is 2.06. The molecule has 2 aromatic carbocycles. The number of nitro groups is 1. The molecule has 3 rings (SSSR count). The molecule has 7 heteroatoms. The third-order valence-corrected chi connectivity index (χ3v) is 3.62. The fraction of sp³-hybridized carbons (Fsp3) is 0.118. The summed E-state index contributed by atoms with van der Waals surface area (Å²) in [6.45, 7) is 0.612. The minimum Gasteiger partial charge on any atom is -0.369 e. The average molecular weight is 319 g/mol. The van der Waals surface area contributed by atoms with Crippen molar-refractivity contribution in [2.45, 2.75) is 6.42 Å². The Morgan fingerprint density at radius 3 is 2.67 bits per heavy atom. The van der Waals surface area contributed by atoms with Gasteiger partial charge in [0.2, 0.25) is 0 Å². The smallest absolute Gasteiger partial charge is 0.269 e. The van der Waals surface area contributed by atoms with Crippen LogP contribution >= 0.6 is 0 Å². The van der Waals surface area contributed by atoms with Gasteiger partial charge in [0, 0.05) is 24.1 Å². The molecule has 24 heavy (non-hydrogen) atoms. The number of aromatic nitrogens is 2. The Morgan fingerprint density at radius 1 is 1.17 bits per heavy atom. The maximum Gasteiger partial charge on any atom is 0.269 e. The number of anilines is 1. The van der Waals surface area contributed by atoms with Gasteiger partial charge in [-0.2, -0.15) is 5.26 Å². The molecule has 1 N–H and O–H groups in total. The third-order valence-electron chi connectivity index (χ3n) is 3.62. The summed E-state index contributed by atoms with van der Waals surface area (Å²) in [5.74, 6) is 0.666. The normalized spacial score (nSPS) is 10.3. The fourth-order valence-electron chi connectivity index (χ4n) is 2.38. The highest BCUT2D eigenvalue weighted by Crippen LogP contribution is 2.20. The predicted molar refractivity (Wildman–Crippen MR) is 89.5 cm³/mol. The van der Waals surface area contributed by atoms with Gasteiger partial charge in [-0.3, -0.25) is 10.1 Å². The number of benzene rings is 2. The molecule has 1 aromatic heterocycles. The van der Waals surface area contributed by atoms with Gasteiger partial charge in [0.25, 0.3) is 5.69 Å². The SMILES string of the molecule is N#Cc1ccc2ncnc(NCCc3ccc([N+](=O)[O-])cc3)c2c1. The Balaban J connectivity index is 1.71. The maximum absolute atomic E-state index is 10.6. The zero-order valence-electron chi connectivity index (χ0n) is 12.6. The van der Waals surface area contributed by atoms with Gasteiger partial charge < -0.3 is 5.32 Å². The summed E-state index contributed by atoms with van der Waals surface area (Å²) in [5.41, 5.74) is 2.39. The van der Waals surface area contributed by atoms with Crippen molar-refractivity contribution < 1.29 is 4.92 Å². The molecule has 1 heterocycles. The van der Waals surface area contributed by atoms with E-state index in [0.29, 0.717) is 24.3 Å². The number of nitro benzene ring substituents is 1. The van der Waals surface area contributed by atoms with E-state index in [2.05, 4.69) is 21.4 Å². The predicted octanol–water partition coefficient (Wildman–Crippen LogP) is 3.06. The molecule has 0 unspecified atom stereocenters. The van der Waals surface area contributed by atoms with E-state index in [4.69, 9.17) is 5.26 Å². The van der Waals surface area contributed by atoms with Crippen molar-refractivity contribution in [2.24, 2.45) is 0 Å². The number of fused-ring (bicyclic) bond motifs is 1. The summed E-state index contributed by atoms with van der Waals surface area (Å²) in [5, 5.41) is 23.7. The second-order valence-corrected chi connectivity index (χ2v) is 5.17. The van der Waals surface area contributed by atoms with Crippen LogP contribution in [0.3, 0.4) is 0 Å². The van der Waals surface area contributed by atoms with Crippen LogP contribution in [0.1, 0.15) is 11.1 Å². The van der Waals surface area contributed by atoms with Gasteiger partial charge in [0.15, 0.2) is 0 Å². The van der Waals surface area contributed by atoms with Crippen molar-refractivity contribution in [3.63, 3.8) is 0 Å². The number of nitrogens with zero attached hydrogens (tertiary/aromatic N) is 4. The summed E-state index contributed by atoms with van der Waals surface area (Å²) in [4.78, 5) is 18.6. The zero-order chi connectivity index (χ0) is 16.9. The lowest BCUT2D eigenvalue weighted by Crippen LogP contribution is -2.07. The first-order valence-corrected chi connectivity index (χ1v) is 7.29. The lowest BCUT2D eigenvalue weighted by molar-refractivity contribution is -0.384. The van der Waals surface area contributed by atoms with Crippen LogP contribution in [-0.2, 0) is 6.42 Å². The molecule has 7 nitrogen and oxygen atoms in total. The van der Waals surface area contributed by atoms with E-state index in [1.807, 2.05) is 0 Å². The molecule has 0 aliphatic heterocycles. The van der Waals surface area contributed by atoms with Gasteiger partial charge in [0.1, 0.15) is 12.1 Å². The van der Waals surface area contributed by atoms with Crippen molar-refractivity contribution >= 4 is 22.4 Å². The van der Waals surface area contributed by atoms with Gasteiger partial charge in [-0.05, 0) is 30.2 Å². The molecule has 0 amide bonds. The number of non-ortho nitro benzene ring substituents is 1. The van der Waals surface area contributed by atoms with E-state index in [1.165, 1.54) is 18.5 Å². The number of nitriles is 1. The second kappa shape index (κ2) is 6.71. The molecule has 0 spiro atoms. The van der Waals surface area contributed by atoms with Crippen LogP contribution in [0, 0.1) is 21.4 Å². The van der Waals surface area contributed by atoms with E-state index in [0.717, 1.165) is 16.5 Å². The van der Waals surface area contributed by atoms with Crippen LogP contribution in [0.5, 0.6) is 0 Å². The van der Waals surface area contributed by atoms with Crippen LogP contribution in [0.2, 0.25) is 0 Å². The molecular weight excluding hydrogens is 306 g/mol. The molecule has 0 saturated carbocycles. The first kappa shape index (κ1) is 15.4. The molecule has 0 aliphatic rings. The third kappa shape index (κ3) is 3.28. The topological polar surface area (TPSA) is 105 Å². The molecule has 0 atom stereocenters. The fourth-order valence-corrected chi connectivity index (χ4v) is 2.38. The van der Waals surface area contributed by atoms with Gasteiger partial charge in [0.05, 0.1) is 22.1 Å². The summed E-state index contributed by atoms with van der Waals surface area (Å²) >= 11 is 0. The average Bonchev–Trinajstić information content (AvgIpc) is 2.62. The van der Waals surface area contributed by atoms with E-state index in [-0.39, 0.29) is 5.69 Å². The Kier molecular flexibility index (Phi) is 4.29. The van der Waals surface area contributed by atoms with Crippen molar-refractivity contribution in [3.8, 4) is 6.07 Å². The van der Waals surface area contributed by atoms with E-state index >= 15 is 0 Å². The number of nitrogens with one attached hydrogen (secondary N) is 1. The number of hydrogen-bond donors (Lipinski definition) is 1. The van der Waals surface area contributed by atoms with E-state index < -0.39 is 4.92 Å². The molecule has 0 saturated heterocycles. The summed E-state index contributed by atoms with van der Waals surface area (Å²) < 4.78 is 0. The van der Waals surface area contributed by atoms with Crippen LogP contribution in [-0.4, -0.2) is 21.4 Å². The maximum atomic E-state index is 10.6. The van der Waals surface area contributed by atoms with Gasteiger partial charge in [-0.15, -0.1) is 0 Å². The molecule has 0 radical (unpaired) electrons. The van der Waals surface area contributed by atoms with Crippen LogP contribution in [0.15, 0.2) is 48.8 Å². The second-order valence-electron chi connectivity index (χ2n) is 5.17. The molecule has 0 fully saturated rings. The van der Waals surface area contributed by atoms with E-state index in [1.54, 1.807) is 30.3 Å². The van der Waals surface area contributed by atoms with Crippen LogP contribution in [0.4, 0.5) is 11.5 Å². The largest absolute Gasteiger partial charge is 0.369 e. The monoisotopic (exact) mass is 319 g/mol. The number of hydrogen-bond acceptors (Lipinski definition) is 6. The van der Waals surface area contributed by atoms with Crippen LogP contribution in [0.25, 0.3) is 10.9 Å². The molecule has 118 valence electrons. The van der Waals surface area contributed by atoms with Gasteiger partial charge in [-0.1, -0.05) is 12.1 Å². The highest BCUT2D eigenvalue weighted by molar-refractivity contribution is 5.89. The van der Waals surface area contributed by atoms with Crippen molar-refractivity contribution in [1.82, 2.24) is 9.97 Å². The number of rotatable bonds is 5. The molecular formula is C17H13N5O2. The van der Waals surface area contributed by atoms with Gasteiger partial charge in [-0.25, -0.2) is 9.97 Å². The first-order valence-electron chi connectivity index (χ1n) is 7.29. The summed E-state index contributed by atoms with van der Waals surface area (Å²) in [6.07, 6.45) is 2.17. The lowest BCUT2D eigenvalue weighted by Gasteiger charge is -2.08. The molecule has 3 aromatic rings. The summed E-state index contributed by atoms with van der Waals surface area (Å²) in [7, 11) is 0. The van der Waals surface area contributed by atoms with Crippen molar-refractivity contribution in [1.29, 1.82) is 5.26 Å². The standard InChI is InChI=1S/C17H13N5O2/c18-10-13-3-6-16-15(9-13)17(21-11-20-16)19-8-7-12-1-4-14(5-2-12)22(23)24/h1-6,9,11H,7-8H2,(H,19,20,21). The Hall–Kier alpha value is -3.53. The van der Waals surface area contributed by atoms with E-state index in [9.17, 15) is 10.1 Å². The minimum atomic E-state index is -0.415. The Bertz CT molecular complexity index is 932. The van der Waals surface area contributed by atoms with Crippen molar-refractivity contribution in [2.75, 3.05) is 11.9 Å². The first-order chi connectivity index (χ1) is 11.7. The molecule has 0 bridgehead atoms. The molecule has 0 aliphatic carbocycles. The minimum absolute atomic E-state index is 0.0811. The summed E-state index contributed by atoms with van der Waals surface area (Å²) in [6, 6.07) is 13.8.